The van der Waals surface area contributed by atoms with Gasteiger partial charge in [0.1, 0.15) is 18.4 Å². The monoisotopic (exact) mass is 495 g/mol. The summed E-state index contributed by atoms with van der Waals surface area (Å²) in [5, 5.41) is 2.34. The van der Waals surface area contributed by atoms with Gasteiger partial charge in [-0.3, -0.25) is 24.6 Å². The number of ether oxygens (including phenoxy) is 2. The van der Waals surface area contributed by atoms with Gasteiger partial charge in [0.2, 0.25) is 11.8 Å². The molecule has 0 aliphatic carbocycles. The first-order valence-electron chi connectivity index (χ1n) is 12.2. The standard InChI is InChI=1S/C27H31N3O5.H2O/c1-17-14-34-15-18(2)29(17)12-19-6-8-20(9-7-19)16-35-24-5-3-4-21-22(24)13-30(27(21)33)23-10-11-25(31)28-26(23)32;/h3-9,17-18,23H,10-16H2,1-2H3,(H,28,31,32);1H2. The molecule has 3 aliphatic heterocycles. The second-order valence-corrected chi connectivity index (χ2v) is 9.70. The lowest BCUT2D eigenvalue weighted by molar-refractivity contribution is -0.136. The van der Waals surface area contributed by atoms with E-state index in [1.54, 1.807) is 17.0 Å². The summed E-state index contributed by atoms with van der Waals surface area (Å²) in [5.74, 6) is -0.258. The topological polar surface area (TPSA) is 120 Å². The normalized spacial score (nSPS) is 24.2. The molecule has 2 aromatic rings. The number of imide groups is 1. The number of piperidine rings is 1. The molecule has 3 N–H and O–H groups in total. The Morgan fingerprint density at radius 2 is 1.69 bits per heavy atom. The summed E-state index contributed by atoms with van der Waals surface area (Å²) in [6.07, 6.45) is 0.578. The lowest BCUT2D eigenvalue weighted by atomic mass is 10.0. The maximum atomic E-state index is 13.0. The predicted octanol–water partition coefficient (Wildman–Crippen LogP) is 1.81. The molecule has 2 saturated heterocycles. The molecule has 9 nitrogen and oxygen atoms in total. The molecule has 192 valence electrons. The Morgan fingerprint density at radius 1 is 1.00 bits per heavy atom. The minimum atomic E-state index is -0.634. The zero-order valence-corrected chi connectivity index (χ0v) is 20.7. The van der Waals surface area contributed by atoms with Crippen molar-refractivity contribution in [2.24, 2.45) is 0 Å². The average Bonchev–Trinajstić information content (AvgIpc) is 3.18. The van der Waals surface area contributed by atoms with Gasteiger partial charge in [-0.25, -0.2) is 0 Å². The summed E-state index contributed by atoms with van der Waals surface area (Å²) < 4.78 is 11.8. The van der Waals surface area contributed by atoms with E-state index in [-0.39, 0.29) is 23.7 Å². The van der Waals surface area contributed by atoms with Crippen LogP contribution >= 0.6 is 0 Å². The Morgan fingerprint density at radius 3 is 2.39 bits per heavy atom. The number of carbonyl (C=O) groups is 3. The summed E-state index contributed by atoms with van der Waals surface area (Å²) in [5.41, 5.74) is 3.63. The van der Waals surface area contributed by atoms with Crippen molar-refractivity contribution in [3.8, 4) is 5.75 Å². The number of carbonyl (C=O) groups excluding carboxylic acids is 3. The van der Waals surface area contributed by atoms with Crippen LogP contribution in [0.3, 0.4) is 0 Å². The van der Waals surface area contributed by atoms with Crippen molar-refractivity contribution in [1.29, 1.82) is 0 Å². The number of nitrogens with zero attached hydrogens (tertiary/aromatic N) is 2. The Balaban J connectivity index is 0.00000304. The van der Waals surface area contributed by atoms with Crippen LogP contribution < -0.4 is 10.1 Å². The number of hydrogen-bond acceptors (Lipinski definition) is 6. The van der Waals surface area contributed by atoms with Crippen LogP contribution in [0.4, 0.5) is 0 Å². The maximum absolute atomic E-state index is 13.0. The molecular weight excluding hydrogens is 462 g/mol. The van der Waals surface area contributed by atoms with E-state index >= 15 is 0 Å². The molecule has 0 aromatic heterocycles. The third-order valence-electron chi connectivity index (χ3n) is 7.17. The molecule has 3 aliphatic rings. The highest BCUT2D eigenvalue weighted by atomic mass is 16.5. The summed E-state index contributed by atoms with van der Waals surface area (Å²) >= 11 is 0. The molecule has 9 heteroatoms. The van der Waals surface area contributed by atoms with Crippen molar-refractivity contribution >= 4 is 17.7 Å². The minimum absolute atomic E-state index is 0. The Labute approximate surface area is 210 Å². The van der Waals surface area contributed by atoms with Gasteiger partial charge < -0.3 is 19.8 Å². The van der Waals surface area contributed by atoms with Crippen molar-refractivity contribution in [2.45, 2.75) is 64.5 Å². The van der Waals surface area contributed by atoms with E-state index in [4.69, 9.17) is 9.47 Å². The van der Waals surface area contributed by atoms with E-state index in [1.807, 2.05) is 6.07 Å². The largest absolute Gasteiger partial charge is 0.489 e. The Kier molecular flexibility index (Phi) is 7.73. The van der Waals surface area contributed by atoms with Crippen molar-refractivity contribution in [1.82, 2.24) is 15.1 Å². The van der Waals surface area contributed by atoms with Gasteiger partial charge in [0.15, 0.2) is 0 Å². The van der Waals surface area contributed by atoms with Gasteiger partial charge in [-0.05, 0) is 43.5 Å². The number of amides is 3. The van der Waals surface area contributed by atoms with Crippen LogP contribution in [0.2, 0.25) is 0 Å². The van der Waals surface area contributed by atoms with Crippen molar-refractivity contribution in [2.75, 3.05) is 13.2 Å². The van der Waals surface area contributed by atoms with Gasteiger partial charge in [-0.2, -0.15) is 0 Å². The van der Waals surface area contributed by atoms with Crippen LogP contribution in [-0.4, -0.2) is 64.3 Å². The molecule has 3 atom stereocenters. The van der Waals surface area contributed by atoms with Crippen LogP contribution in [0.25, 0.3) is 0 Å². The van der Waals surface area contributed by atoms with E-state index < -0.39 is 11.9 Å². The van der Waals surface area contributed by atoms with Gasteiger partial charge in [0.05, 0.1) is 19.8 Å². The van der Waals surface area contributed by atoms with Crippen LogP contribution in [0, 0.1) is 0 Å². The number of hydrogen-bond donors (Lipinski definition) is 1. The number of nitrogens with one attached hydrogen (secondary N) is 1. The maximum Gasteiger partial charge on any atom is 0.255 e. The highest BCUT2D eigenvalue weighted by molar-refractivity contribution is 6.05. The predicted molar refractivity (Wildman–Crippen MR) is 132 cm³/mol. The lowest BCUT2D eigenvalue weighted by Gasteiger charge is -2.38. The molecular formula is C27H33N3O6. The Bertz CT molecular complexity index is 1120. The highest BCUT2D eigenvalue weighted by Gasteiger charge is 2.40. The third-order valence-corrected chi connectivity index (χ3v) is 7.17. The van der Waals surface area contributed by atoms with Crippen molar-refractivity contribution < 1.29 is 29.3 Å². The first kappa shape index (κ1) is 25.8. The molecule has 3 unspecified atom stereocenters. The summed E-state index contributed by atoms with van der Waals surface area (Å²) in [4.78, 5) is 40.8. The highest BCUT2D eigenvalue weighted by Crippen LogP contribution is 2.34. The fourth-order valence-electron chi connectivity index (χ4n) is 5.15. The average molecular weight is 496 g/mol. The summed E-state index contributed by atoms with van der Waals surface area (Å²) in [6.45, 7) is 7.49. The quantitative estimate of drug-likeness (QED) is 0.611. The molecule has 36 heavy (non-hydrogen) atoms. The van der Waals surface area contributed by atoms with Crippen LogP contribution in [0.5, 0.6) is 5.75 Å². The summed E-state index contributed by atoms with van der Waals surface area (Å²) in [7, 11) is 0. The molecule has 0 spiro atoms. The van der Waals surface area contributed by atoms with Crippen LogP contribution in [0.15, 0.2) is 42.5 Å². The number of morpholine rings is 1. The van der Waals surface area contributed by atoms with Gasteiger partial charge in [0.25, 0.3) is 5.91 Å². The van der Waals surface area contributed by atoms with Crippen molar-refractivity contribution in [3.05, 3.63) is 64.7 Å². The third kappa shape index (κ3) is 5.13. The second-order valence-electron chi connectivity index (χ2n) is 9.70. The zero-order valence-electron chi connectivity index (χ0n) is 20.7. The summed E-state index contributed by atoms with van der Waals surface area (Å²) in [6, 6.07) is 14.0. The number of benzene rings is 2. The fraction of sp³-hybridized carbons (Fsp3) is 0.444. The van der Waals surface area contributed by atoms with E-state index in [2.05, 4.69) is 48.3 Å². The van der Waals surface area contributed by atoms with E-state index in [1.165, 1.54) is 5.56 Å². The second kappa shape index (κ2) is 10.8. The zero-order chi connectivity index (χ0) is 24.5. The molecule has 0 radical (unpaired) electrons. The van der Waals surface area contributed by atoms with E-state index in [9.17, 15) is 14.4 Å². The fourth-order valence-corrected chi connectivity index (χ4v) is 5.15. The minimum Gasteiger partial charge on any atom is -0.489 e. The van der Waals surface area contributed by atoms with Gasteiger partial charge in [0, 0.05) is 36.2 Å². The smallest absolute Gasteiger partial charge is 0.255 e. The lowest BCUT2D eigenvalue weighted by Crippen LogP contribution is -2.52. The van der Waals surface area contributed by atoms with Gasteiger partial charge in [-0.1, -0.05) is 30.3 Å². The van der Waals surface area contributed by atoms with E-state index in [0.717, 1.165) is 30.9 Å². The van der Waals surface area contributed by atoms with Crippen LogP contribution in [0.1, 0.15) is 53.7 Å². The van der Waals surface area contributed by atoms with Crippen molar-refractivity contribution in [3.63, 3.8) is 0 Å². The molecule has 2 aromatic carbocycles. The number of rotatable bonds is 6. The first-order chi connectivity index (χ1) is 16.9. The van der Waals surface area contributed by atoms with Gasteiger partial charge in [-0.15, -0.1) is 0 Å². The van der Waals surface area contributed by atoms with Crippen LogP contribution in [-0.2, 0) is 34.0 Å². The molecule has 5 rings (SSSR count). The molecule has 3 heterocycles. The SMILES string of the molecule is CC1COCC(C)N1Cc1ccc(COc2cccc3c2CN(C2CCC(=O)NC2=O)C3=O)cc1.O. The van der Waals surface area contributed by atoms with E-state index in [0.29, 0.717) is 43.0 Å². The Hall–Kier alpha value is -3.27. The number of fused-ring (bicyclic) bond motifs is 1. The molecule has 2 fully saturated rings. The molecule has 0 saturated carbocycles. The van der Waals surface area contributed by atoms with Gasteiger partial charge >= 0.3 is 0 Å². The molecule has 3 amide bonds. The first-order valence-corrected chi connectivity index (χ1v) is 12.2. The molecule has 0 bridgehead atoms.